The monoisotopic (exact) mass is 321 g/mol. The molecule has 3 N–H and O–H groups in total. The van der Waals surface area contributed by atoms with Gasteiger partial charge in [0.05, 0.1) is 5.52 Å². The van der Waals surface area contributed by atoms with Crippen molar-refractivity contribution in [3.8, 4) is 16.9 Å². The largest absolute Gasteiger partial charge is 0.506 e. The first-order valence-corrected chi connectivity index (χ1v) is 7.70. The predicted octanol–water partition coefficient (Wildman–Crippen LogP) is 4.65. The Morgan fingerprint density at radius 1 is 1.12 bits per heavy atom. The van der Waals surface area contributed by atoms with Crippen LogP contribution in [0, 0.1) is 13.8 Å². The van der Waals surface area contributed by atoms with Gasteiger partial charge >= 0.3 is 5.97 Å². The van der Waals surface area contributed by atoms with Gasteiger partial charge in [0, 0.05) is 17.7 Å². The van der Waals surface area contributed by atoms with Crippen molar-refractivity contribution in [2.75, 3.05) is 0 Å². The van der Waals surface area contributed by atoms with Crippen LogP contribution >= 0.6 is 0 Å². The maximum atomic E-state index is 10.9. The van der Waals surface area contributed by atoms with E-state index >= 15 is 0 Å². The number of phenolic OH excluding ortho intramolecular Hbond substituents is 1. The standard InChI is InChI=1S/C20H19NO3/c1-11-7-17(12(2)6-16(11)13(3)8-19(23)24)15-9-14-4-5-21-20(14)18(22)10-15/h4-10,21-22H,1-3H3,(H,23,24)/b13-8+. The number of carboxylic acid groups (broad SMARTS) is 1. The van der Waals surface area contributed by atoms with Crippen LogP contribution in [0.15, 0.2) is 42.6 Å². The number of hydrogen-bond donors (Lipinski definition) is 3. The minimum atomic E-state index is -0.948. The van der Waals surface area contributed by atoms with E-state index in [1.807, 2.05) is 38.1 Å². The molecule has 3 aromatic rings. The summed E-state index contributed by atoms with van der Waals surface area (Å²) in [7, 11) is 0. The predicted molar refractivity (Wildman–Crippen MR) is 96.2 cm³/mol. The lowest BCUT2D eigenvalue weighted by Gasteiger charge is -2.13. The maximum Gasteiger partial charge on any atom is 0.328 e. The number of aliphatic carboxylic acids is 1. The number of nitrogens with one attached hydrogen (secondary N) is 1. The Morgan fingerprint density at radius 2 is 1.88 bits per heavy atom. The fourth-order valence-corrected chi connectivity index (χ4v) is 3.12. The summed E-state index contributed by atoms with van der Waals surface area (Å²) in [6.07, 6.45) is 3.02. The molecule has 3 rings (SSSR count). The Hall–Kier alpha value is -3.01. The molecule has 0 amide bonds. The van der Waals surface area contributed by atoms with Gasteiger partial charge in [-0.2, -0.15) is 0 Å². The second-order valence-electron chi connectivity index (χ2n) is 6.08. The number of carboxylic acids is 1. The molecule has 0 radical (unpaired) electrons. The van der Waals surface area contributed by atoms with Crippen molar-refractivity contribution in [2.24, 2.45) is 0 Å². The van der Waals surface area contributed by atoms with Crippen LogP contribution in [0.5, 0.6) is 5.75 Å². The first kappa shape index (κ1) is 15.9. The van der Waals surface area contributed by atoms with Crippen molar-refractivity contribution in [2.45, 2.75) is 20.8 Å². The van der Waals surface area contributed by atoms with Gasteiger partial charge in [-0.3, -0.25) is 0 Å². The quantitative estimate of drug-likeness (QED) is 0.615. The van der Waals surface area contributed by atoms with Crippen molar-refractivity contribution in [1.29, 1.82) is 0 Å². The molecular formula is C20H19NO3. The summed E-state index contributed by atoms with van der Waals surface area (Å²) in [5.41, 5.74) is 6.36. The average Bonchev–Trinajstić information content (AvgIpc) is 2.97. The molecule has 0 aliphatic carbocycles. The van der Waals surface area contributed by atoms with Crippen LogP contribution in [0.1, 0.15) is 23.6 Å². The lowest BCUT2D eigenvalue weighted by molar-refractivity contribution is -0.131. The van der Waals surface area contributed by atoms with E-state index in [2.05, 4.69) is 4.98 Å². The normalized spacial score (nSPS) is 11.9. The molecule has 0 bridgehead atoms. The smallest absolute Gasteiger partial charge is 0.328 e. The van der Waals surface area contributed by atoms with Crippen LogP contribution in [0.3, 0.4) is 0 Å². The summed E-state index contributed by atoms with van der Waals surface area (Å²) in [5, 5.41) is 20.1. The minimum Gasteiger partial charge on any atom is -0.506 e. The third-order valence-electron chi connectivity index (χ3n) is 4.29. The van der Waals surface area contributed by atoms with E-state index in [9.17, 15) is 9.90 Å². The molecule has 0 atom stereocenters. The molecule has 122 valence electrons. The van der Waals surface area contributed by atoms with E-state index in [4.69, 9.17) is 5.11 Å². The number of hydrogen-bond acceptors (Lipinski definition) is 2. The molecule has 4 heteroatoms. The first-order valence-electron chi connectivity index (χ1n) is 7.70. The van der Waals surface area contributed by atoms with Gasteiger partial charge in [0.1, 0.15) is 5.75 Å². The second kappa shape index (κ2) is 5.89. The number of H-pyrrole nitrogens is 1. The first-order chi connectivity index (χ1) is 11.4. The maximum absolute atomic E-state index is 10.9. The summed E-state index contributed by atoms with van der Waals surface area (Å²) in [6, 6.07) is 9.75. The van der Waals surface area contributed by atoms with Crippen molar-refractivity contribution in [3.05, 3.63) is 59.3 Å². The van der Waals surface area contributed by atoms with Crippen LogP contribution < -0.4 is 0 Å². The average molecular weight is 321 g/mol. The van der Waals surface area contributed by atoms with Crippen LogP contribution in [0.2, 0.25) is 0 Å². The number of aromatic nitrogens is 1. The fourth-order valence-electron chi connectivity index (χ4n) is 3.12. The highest BCUT2D eigenvalue weighted by Crippen LogP contribution is 2.34. The van der Waals surface area contributed by atoms with Crippen LogP contribution in [0.4, 0.5) is 0 Å². The summed E-state index contributed by atoms with van der Waals surface area (Å²) in [6.45, 7) is 5.75. The van der Waals surface area contributed by atoms with Crippen molar-refractivity contribution in [3.63, 3.8) is 0 Å². The highest BCUT2D eigenvalue weighted by Gasteiger charge is 2.11. The number of rotatable bonds is 3. The Kier molecular flexibility index (Phi) is 3.89. The lowest BCUT2D eigenvalue weighted by Crippen LogP contribution is -1.95. The van der Waals surface area contributed by atoms with Gasteiger partial charge in [-0.25, -0.2) is 4.79 Å². The van der Waals surface area contributed by atoms with Gasteiger partial charge in [0.25, 0.3) is 0 Å². The molecule has 0 spiro atoms. The third kappa shape index (κ3) is 2.78. The fraction of sp³-hybridized carbons (Fsp3) is 0.150. The number of phenols is 1. The number of benzene rings is 2. The molecule has 1 heterocycles. The lowest BCUT2D eigenvalue weighted by atomic mass is 9.91. The highest BCUT2D eigenvalue weighted by atomic mass is 16.4. The number of aryl methyl sites for hydroxylation is 2. The molecule has 0 unspecified atom stereocenters. The second-order valence-corrected chi connectivity index (χ2v) is 6.08. The molecular weight excluding hydrogens is 302 g/mol. The number of aromatic amines is 1. The Morgan fingerprint density at radius 3 is 2.58 bits per heavy atom. The zero-order chi connectivity index (χ0) is 17.4. The topological polar surface area (TPSA) is 73.3 Å². The molecule has 4 nitrogen and oxygen atoms in total. The number of carbonyl (C=O) groups is 1. The summed E-state index contributed by atoms with van der Waals surface area (Å²) >= 11 is 0. The SMILES string of the molecule is C/C(=C\C(=O)O)c1cc(C)c(-c2cc(O)c3[nH]ccc3c2)cc1C. The van der Waals surface area contributed by atoms with Gasteiger partial charge in [-0.15, -0.1) is 0 Å². The van der Waals surface area contributed by atoms with Crippen molar-refractivity contribution >= 4 is 22.4 Å². The van der Waals surface area contributed by atoms with E-state index in [1.54, 1.807) is 19.2 Å². The molecule has 0 aliphatic heterocycles. The van der Waals surface area contributed by atoms with Gasteiger partial charge < -0.3 is 15.2 Å². The van der Waals surface area contributed by atoms with E-state index in [0.29, 0.717) is 0 Å². The van der Waals surface area contributed by atoms with Crippen molar-refractivity contribution < 1.29 is 15.0 Å². The van der Waals surface area contributed by atoms with Gasteiger partial charge in [0.2, 0.25) is 0 Å². The number of fused-ring (bicyclic) bond motifs is 1. The van der Waals surface area contributed by atoms with Gasteiger partial charge in [-0.05, 0) is 72.4 Å². The van der Waals surface area contributed by atoms with Crippen LogP contribution in [-0.2, 0) is 4.79 Å². The third-order valence-corrected chi connectivity index (χ3v) is 4.29. The highest BCUT2D eigenvalue weighted by molar-refractivity contribution is 5.92. The molecule has 0 fully saturated rings. The number of allylic oxidation sites excluding steroid dienone is 1. The summed E-state index contributed by atoms with van der Waals surface area (Å²) in [5.74, 6) is -0.730. The van der Waals surface area contributed by atoms with E-state index in [-0.39, 0.29) is 5.75 Å². The molecule has 0 aliphatic rings. The summed E-state index contributed by atoms with van der Waals surface area (Å²) in [4.78, 5) is 13.9. The minimum absolute atomic E-state index is 0.218. The Bertz CT molecular complexity index is 980. The van der Waals surface area contributed by atoms with E-state index in [0.717, 1.165) is 44.3 Å². The van der Waals surface area contributed by atoms with Gasteiger partial charge in [-0.1, -0.05) is 12.1 Å². The summed E-state index contributed by atoms with van der Waals surface area (Å²) < 4.78 is 0. The van der Waals surface area contributed by atoms with Crippen molar-refractivity contribution in [1.82, 2.24) is 4.98 Å². The zero-order valence-corrected chi connectivity index (χ0v) is 13.8. The molecule has 1 aromatic heterocycles. The molecule has 0 saturated carbocycles. The van der Waals surface area contributed by atoms with Crippen LogP contribution in [0.25, 0.3) is 27.6 Å². The van der Waals surface area contributed by atoms with Crippen LogP contribution in [-0.4, -0.2) is 21.2 Å². The van der Waals surface area contributed by atoms with Gasteiger partial charge in [0.15, 0.2) is 0 Å². The molecule has 2 aromatic carbocycles. The Labute approximate surface area is 140 Å². The molecule has 0 saturated heterocycles. The zero-order valence-electron chi connectivity index (χ0n) is 13.8. The van der Waals surface area contributed by atoms with E-state index in [1.165, 1.54) is 6.08 Å². The number of aromatic hydroxyl groups is 1. The molecule has 24 heavy (non-hydrogen) atoms. The van der Waals surface area contributed by atoms with E-state index < -0.39 is 5.97 Å². The Balaban J connectivity index is 2.15.